The van der Waals surface area contributed by atoms with Gasteiger partial charge in [0.15, 0.2) is 0 Å². The maximum Gasteiger partial charge on any atom is 0.268 e. The molecule has 0 fully saturated rings. The van der Waals surface area contributed by atoms with Crippen molar-refractivity contribution in [2.75, 3.05) is 0 Å². The Labute approximate surface area is 221 Å². The summed E-state index contributed by atoms with van der Waals surface area (Å²) in [7, 11) is 0. The average molecular weight is 497 g/mol. The van der Waals surface area contributed by atoms with Crippen LogP contribution < -0.4 is 10.1 Å². The van der Waals surface area contributed by atoms with E-state index in [-0.39, 0.29) is 5.91 Å². The molecule has 1 aromatic heterocycles. The molecule has 5 rings (SSSR count). The molecule has 5 aromatic rings. The summed E-state index contributed by atoms with van der Waals surface area (Å²) in [5.41, 5.74) is 5.34. The predicted molar refractivity (Wildman–Crippen MR) is 145 cm³/mol. The van der Waals surface area contributed by atoms with Crippen molar-refractivity contribution in [3.8, 4) is 17.9 Å². The number of fused-ring (bicyclic) bond motifs is 1. The SMILES string of the molecule is N#Cc1cccc(CNC(=O)c2cc3cc(OCc4ccccc4)ccc3n2Cc2cccc(C#N)c2)c1. The van der Waals surface area contributed by atoms with Crippen molar-refractivity contribution in [3.63, 3.8) is 0 Å². The molecule has 1 heterocycles. The Kier molecular flexibility index (Phi) is 7.16. The lowest BCUT2D eigenvalue weighted by atomic mass is 10.1. The predicted octanol–water partition coefficient (Wildman–Crippen LogP) is 5.94. The van der Waals surface area contributed by atoms with Gasteiger partial charge in [0, 0.05) is 24.0 Å². The molecule has 0 aliphatic carbocycles. The van der Waals surface area contributed by atoms with E-state index in [2.05, 4.69) is 17.5 Å². The van der Waals surface area contributed by atoms with E-state index in [0.29, 0.717) is 42.3 Å². The highest BCUT2D eigenvalue weighted by atomic mass is 16.5. The fourth-order valence-electron chi connectivity index (χ4n) is 4.38. The van der Waals surface area contributed by atoms with Crippen molar-refractivity contribution < 1.29 is 9.53 Å². The second kappa shape index (κ2) is 11.2. The number of aromatic nitrogens is 1. The van der Waals surface area contributed by atoms with E-state index < -0.39 is 0 Å². The van der Waals surface area contributed by atoms with Crippen molar-refractivity contribution in [2.45, 2.75) is 19.7 Å². The Hall–Kier alpha value is -5.33. The van der Waals surface area contributed by atoms with Gasteiger partial charge in [-0.1, -0.05) is 54.6 Å². The van der Waals surface area contributed by atoms with Gasteiger partial charge in [-0.2, -0.15) is 10.5 Å². The molecule has 6 heteroatoms. The van der Waals surface area contributed by atoms with Crippen molar-refractivity contribution in [1.82, 2.24) is 9.88 Å². The Morgan fingerprint density at radius 3 is 2.18 bits per heavy atom. The summed E-state index contributed by atoms with van der Waals surface area (Å²) in [5, 5.41) is 22.4. The quantitative estimate of drug-likeness (QED) is 0.288. The number of nitriles is 2. The molecule has 1 N–H and O–H groups in total. The molecule has 0 saturated heterocycles. The number of nitrogens with one attached hydrogen (secondary N) is 1. The molecular weight excluding hydrogens is 472 g/mol. The summed E-state index contributed by atoms with van der Waals surface area (Å²) in [6.45, 7) is 1.17. The lowest BCUT2D eigenvalue weighted by Gasteiger charge is -2.12. The molecular formula is C32H24N4O2. The van der Waals surface area contributed by atoms with Gasteiger partial charge in [0.2, 0.25) is 0 Å². The molecule has 0 unspecified atom stereocenters. The van der Waals surface area contributed by atoms with Crippen LogP contribution in [0.2, 0.25) is 0 Å². The first-order valence-electron chi connectivity index (χ1n) is 12.2. The second-order valence-corrected chi connectivity index (χ2v) is 8.92. The Morgan fingerprint density at radius 2 is 1.45 bits per heavy atom. The fourth-order valence-corrected chi connectivity index (χ4v) is 4.38. The Morgan fingerprint density at radius 1 is 0.763 bits per heavy atom. The number of hydrogen-bond donors (Lipinski definition) is 1. The summed E-state index contributed by atoms with van der Waals surface area (Å²) in [4.78, 5) is 13.4. The van der Waals surface area contributed by atoms with Crippen LogP contribution in [0.15, 0.2) is 103 Å². The monoisotopic (exact) mass is 496 g/mol. The van der Waals surface area contributed by atoms with Gasteiger partial charge >= 0.3 is 0 Å². The topological polar surface area (TPSA) is 90.8 Å². The zero-order chi connectivity index (χ0) is 26.3. The van der Waals surface area contributed by atoms with E-state index in [1.807, 2.05) is 83.4 Å². The summed E-state index contributed by atoms with van der Waals surface area (Å²) in [5.74, 6) is 0.483. The highest BCUT2D eigenvalue weighted by Gasteiger charge is 2.17. The fraction of sp³-hybridized carbons (Fsp3) is 0.0938. The highest BCUT2D eigenvalue weighted by Crippen LogP contribution is 2.27. The summed E-state index contributed by atoms with van der Waals surface area (Å²) in [6.07, 6.45) is 0. The molecule has 6 nitrogen and oxygen atoms in total. The third kappa shape index (κ3) is 5.56. The first kappa shape index (κ1) is 24.4. The minimum absolute atomic E-state index is 0.230. The van der Waals surface area contributed by atoms with E-state index in [9.17, 15) is 10.1 Å². The van der Waals surface area contributed by atoms with E-state index in [4.69, 9.17) is 10.00 Å². The number of nitrogens with zero attached hydrogens (tertiary/aromatic N) is 3. The smallest absolute Gasteiger partial charge is 0.268 e. The van der Waals surface area contributed by atoms with Crippen molar-refractivity contribution in [1.29, 1.82) is 10.5 Å². The number of carbonyl (C=O) groups is 1. The molecule has 0 aliphatic heterocycles. The number of ether oxygens (including phenoxy) is 1. The number of amides is 1. The van der Waals surface area contributed by atoms with Crippen molar-refractivity contribution in [2.24, 2.45) is 0 Å². The van der Waals surface area contributed by atoms with Gasteiger partial charge in [-0.3, -0.25) is 4.79 Å². The molecule has 0 radical (unpaired) electrons. The maximum absolute atomic E-state index is 13.4. The number of carbonyl (C=O) groups excluding carboxylic acids is 1. The normalized spacial score (nSPS) is 10.5. The van der Waals surface area contributed by atoms with Gasteiger partial charge in [-0.25, -0.2) is 0 Å². The number of hydrogen-bond acceptors (Lipinski definition) is 4. The summed E-state index contributed by atoms with van der Waals surface area (Å²) in [6, 6.07) is 36.5. The Balaban J connectivity index is 1.45. The van der Waals surface area contributed by atoms with Gasteiger partial charge in [-0.05, 0) is 65.2 Å². The standard InChI is InChI=1S/C32H24N4O2/c33-18-24-8-4-10-26(14-24)20-35-32(37)31-17-28-16-29(38-22-23-6-2-1-3-7-23)12-13-30(28)36(31)21-27-11-5-9-25(15-27)19-34/h1-17H,20-22H2,(H,35,37). The molecule has 0 saturated carbocycles. The third-order valence-electron chi connectivity index (χ3n) is 6.26. The lowest BCUT2D eigenvalue weighted by molar-refractivity contribution is 0.0942. The minimum Gasteiger partial charge on any atom is -0.489 e. The van der Waals surface area contributed by atoms with Crippen LogP contribution in [-0.2, 0) is 19.7 Å². The molecule has 0 atom stereocenters. The summed E-state index contributed by atoms with van der Waals surface area (Å²) >= 11 is 0. The van der Waals surface area contributed by atoms with Gasteiger partial charge in [-0.15, -0.1) is 0 Å². The zero-order valence-electron chi connectivity index (χ0n) is 20.6. The van der Waals surface area contributed by atoms with E-state index in [0.717, 1.165) is 27.6 Å². The zero-order valence-corrected chi connectivity index (χ0v) is 20.6. The maximum atomic E-state index is 13.4. The minimum atomic E-state index is -0.230. The Bertz CT molecular complexity index is 1690. The first-order valence-corrected chi connectivity index (χ1v) is 12.2. The van der Waals surface area contributed by atoms with E-state index in [1.165, 1.54) is 0 Å². The van der Waals surface area contributed by atoms with Gasteiger partial charge in [0.25, 0.3) is 5.91 Å². The third-order valence-corrected chi connectivity index (χ3v) is 6.26. The van der Waals surface area contributed by atoms with Crippen molar-refractivity contribution >= 4 is 16.8 Å². The van der Waals surface area contributed by atoms with Crippen LogP contribution >= 0.6 is 0 Å². The number of rotatable bonds is 8. The van der Waals surface area contributed by atoms with Gasteiger partial charge in [0.05, 0.1) is 23.3 Å². The van der Waals surface area contributed by atoms with Crippen LogP contribution in [0.3, 0.4) is 0 Å². The average Bonchev–Trinajstić information content (AvgIpc) is 3.33. The largest absolute Gasteiger partial charge is 0.489 e. The molecule has 184 valence electrons. The van der Waals surface area contributed by atoms with Crippen molar-refractivity contribution in [3.05, 3.63) is 137 Å². The van der Waals surface area contributed by atoms with Crippen LogP contribution in [0, 0.1) is 22.7 Å². The van der Waals surface area contributed by atoms with Crippen LogP contribution in [0.1, 0.15) is 38.3 Å². The molecule has 0 aliphatic rings. The van der Waals surface area contributed by atoms with Crippen LogP contribution in [-0.4, -0.2) is 10.5 Å². The molecule has 0 bridgehead atoms. The molecule has 4 aromatic carbocycles. The highest BCUT2D eigenvalue weighted by molar-refractivity contribution is 5.99. The first-order chi connectivity index (χ1) is 18.6. The van der Waals surface area contributed by atoms with Gasteiger partial charge in [0.1, 0.15) is 18.1 Å². The molecule has 0 spiro atoms. The van der Waals surface area contributed by atoms with Crippen LogP contribution in [0.4, 0.5) is 0 Å². The van der Waals surface area contributed by atoms with E-state index >= 15 is 0 Å². The molecule has 1 amide bonds. The van der Waals surface area contributed by atoms with Gasteiger partial charge < -0.3 is 14.6 Å². The number of benzene rings is 4. The second-order valence-electron chi connectivity index (χ2n) is 8.92. The summed E-state index contributed by atoms with van der Waals surface area (Å²) < 4.78 is 7.97. The van der Waals surface area contributed by atoms with Crippen LogP contribution in [0.25, 0.3) is 10.9 Å². The molecule has 38 heavy (non-hydrogen) atoms. The van der Waals surface area contributed by atoms with Crippen LogP contribution in [0.5, 0.6) is 5.75 Å². The van der Waals surface area contributed by atoms with E-state index in [1.54, 1.807) is 24.3 Å². The lowest BCUT2D eigenvalue weighted by Crippen LogP contribution is -2.25.